The van der Waals surface area contributed by atoms with Crippen molar-refractivity contribution in [2.24, 2.45) is 0 Å². The van der Waals surface area contributed by atoms with Gasteiger partial charge >= 0.3 is 0 Å². The highest BCUT2D eigenvalue weighted by atomic mass is 35.5. The molecule has 3 heteroatoms. The molecule has 0 spiro atoms. The predicted molar refractivity (Wildman–Crippen MR) is 42.8 cm³/mol. The number of carbonyl (C=O) groups is 1. The van der Waals surface area contributed by atoms with Crippen LogP contribution in [0, 0.1) is 0 Å². The molecule has 0 radical (unpaired) electrons. The van der Waals surface area contributed by atoms with Crippen LogP contribution < -0.4 is 0 Å². The summed E-state index contributed by atoms with van der Waals surface area (Å²) in [6.07, 6.45) is 0.684. The minimum absolute atomic E-state index is 0.0567. The van der Waals surface area contributed by atoms with Gasteiger partial charge in [0.1, 0.15) is 0 Å². The minimum atomic E-state index is -0.0567. The highest BCUT2D eigenvalue weighted by Gasteiger charge is 1.98. The van der Waals surface area contributed by atoms with E-state index in [1.807, 2.05) is 0 Å². The molecule has 1 rings (SSSR count). The van der Waals surface area contributed by atoms with Gasteiger partial charge < -0.3 is 5.11 Å². The molecule has 0 aliphatic rings. The van der Waals surface area contributed by atoms with Crippen LogP contribution >= 0.6 is 11.6 Å². The molecule has 0 bridgehead atoms. The number of rotatable bonds is 2. The van der Waals surface area contributed by atoms with E-state index in [1.165, 1.54) is 0 Å². The molecule has 0 fully saturated rings. The lowest BCUT2D eigenvalue weighted by molar-refractivity contribution is 0.112. The van der Waals surface area contributed by atoms with Crippen LogP contribution in [0.1, 0.15) is 15.9 Å². The zero-order valence-corrected chi connectivity index (χ0v) is 6.51. The third kappa shape index (κ3) is 1.79. The standard InChI is InChI=1S/C8H7ClO2/c9-8-3-6(4-10)1-2-7(8)5-11/h1-3,5,10H,4H2. The molecule has 0 amide bonds. The summed E-state index contributed by atoms with van der Waals surface area (Å²) in [4.78, 5) is 10.3. The second kappa shape index (κ2) is 3.51. The molecule has 0 aliphatic carbocycles. The Labute approximate surface area is 69.4 Å². The lowest BCUT2D eigenvalue weighted by Crippen LogP contribution is -1.86. The molecule has 0 aliphatic heterocycles. The fraction of sp³-hybridized carbons (Fsp3) is 0.125. The summed E-state index contributed by atoms with van der Waals surface area (Å²) in [6.45, 7) is -0.0567. The first-order valence-electron chi connectivity index (χ1n) is 3.12. The molecule has 0 aromatic heterocycles. The number of hydrogen-bond donors (Lipinski definition) is 1. The number of aldehydes is 1. The summed E-state index contributed by atoms with van der Waals surface area (Å²) in [5, 5.41) is 9.06. The van der Waals surface area contributed by atoms with E-state index in [2.05, 4.69) is 0 Å². The van der Waals surface area contributed by atoms with E-state index in [9.17, 15) is 4.79 Å². The van der Waals surface area contributed by atoms with Crippen molar-refractivity contribution in [3.8, 4) is 0 Å². The molecule has 2 nitrogen and oxygen atoms in total. The Hall–Kier alpha value is -0.860. The average Bonchev–Trinajstić information content (AvgIpc) is 2.04. The van der Waals surface area contributed by atoms with Gasteiger partial charge in [-0.05, 0) is 17.7 Å². The van der Waals surface area contributed by atoms with Gasteiger partial charge in [0.2, 0.25) is 0 Å². The van der Waals surface area contributed by atoms with E-state index < -0.39 is 0 Å². The second-order valence-corrected chi connectivity index (χ2v) is 2.54. The molecular formula is C8H7ClO2. The topological polar surface area (TPSA) is 37.3 Å². The van der Waals surface area contributed by atoms with Gasteiger partial charge in [0, 0.05) is 5.56 Å². The molecule has 1 N–H and O–H groups in total. The molecular weight excluding hydrogens is 164 g/mol. The van der Waals surface area contributed by atoms with Crippen LogP contribution in [0.4, 0.5) is 0 Å². The maximum Gasteiger partial charge on any atom is 0.151 e. The molecule has 11 heavy (non-hydrogen) atoms. The lowest BCUT2D eigenvalue weighted by atomic mass is 10.1. The van der Waals surface area contributed by atoms with Crippen LogP contribution in [-0.4, -0.2) is 11.4 Å². The highest BCUT2D eigenvalue weighted by molar-refractivity contribution is 6.33. The fourth-order valence-corrected chi connectivity index (χ4v) is 1.01. The molecule has 58 valence electrons. The van der Waals surface area contributed by atoms with Crippen molar-refractivity contribution in [1.29, 1.82) is 0 Å². The van der Waals surface area contributed by atoms with E-state index in [0.29, 0.717) is 22.4 Å². The van der Waals surface area contributed by atoms with Gasteiger partial charge in [-0.2, -0.15) is 0 Å². The Morgan fingerprint density at radius 1 is 1.55 bits per heavy atom. The molecule has 0 unspecified atom stereocenters. The Morgan fingerprint density at radius 3 is 2.73 bits per heavy atom. The smallest absolute Gasteiger partial charge is 0.151 e. The Kier molecular flexibility index (Phi) is 2.63. The minimum Gasteiger partial charge on any atom is -0.392 e. The fourth-order valence-electron chi connectivity index (χ4n) is 0.765. The number of benzene rings is 1. The number of hydrogen-bond acceptors (Lipinski definition) is 2. The van der Waals surface area contributed by atoms with E-state index in [4.69, 9.17) is 16.7 Å². The van der Waals surface area contributed by atoms with Crippen LogP contribution in [0.15, 0.2) is 18.2 Å². The molecule has 0 saturated heterocycles. The summed E-state index contributed by atoms with van der Waals surface area (Å²) in [6, 6.07) is 4.82. The number of aliphatic hydroxyl groups excluding tert-OH is 1. The van der Waals surface area contributed by atoms with E-state index in [1.54, 1.807) is 18.2 Å². The zero-order valence-electron chi connectivity index (χ0n) is 5.75. The normalized spacial score (nSPS) is 9.64. The van der Waals surface area contributed by atoms with Gasteiger partial charge in [-0.15, -0.1) is 0 Å². The van der Waals surface area contributed by atoms with Crippen molar-refractivity contribution in [3.05, 3.63) is 34.3 Å². The van der Waals surface area contributed by atoms with Crippen LogP contribution in [0.2, 0.25) is 5.02 Å². The van der Waals surface area contributed by atoms with Gasteiger partial charge in [0.05, 0.1) is 11.6 Å². The number of halogens is 1. The highest BCUT2D eigenvalue weighted by Crippen LogP contribution is 2.15. The van der Waals surface area contributed by atoms with Crippen molar-refractivity contribution < 1.29 is 9.90 Å². The van der Waals surface area contributed by atoms with Crippen LogP contribution in [-0.2, 0) is 6.61 Å². The molecule has 0 saturated carbocycles. The first-order chi connectivity index (χ1) is 5.27. The van der Waals surface area contributed by atoms with Crippen molar-refractivity contribution in [2.75, 3.05) is 0 Å². The Morgan fingerprint density at radius 2 is 2.27 bits per heavy atom. The average molecular weight is 171 g/mol. The van der Waals surface area contributed by atoms with Crippen LogP contribution in [0.25, 0.3) is 0 Å². The molecule has 1 aromatic rings. The van der Waals surface area contributed by atoms with Crippen molar-refractivity contribution >= 4 is 17.9 Å². The van der Waals surface area contributed by atoms with Crippen molar-refractivity contribution in [3.63, 3.8) is 0 Å². The summed E-state index contributed by atoms with van der Waals surface area (Å²) in [7, 11) is 0. The van der Waals surface area contributed by atoms with Crippen molar-refractivity contribution in [1.82, 2.24) is 0 Å². The zero-order chi connectivity index (χ0) is 8.27. The Bertz CT molecular complexity index is 271. The van der Waals surface area contributed by atoms with Crippen LogP contribution in [0.3, 0.4) is 0 Å². The van der Waals surface area contributed by atoms with Gasteiger partial charge in [0.15, 0.2) is 6.29 Å². The predicted octanol–water partition coefficient (Wildman–Crippen LogP) is 1.64. The van der Waals surface area contributed by atoms with Gasteiger partial charge in [-0.1, -0.05) is 17.7 Å². The van der Waals surface area contributed by atoms with Gasteiger partial charge in [0.25, 0.3) is 0 Å². The van der Waals surface area contributed by atoms with Crippen molar-refractivity contribution in [2.45, 2.75) is 6.61 Å². The quantitative estimate of drug-likeness (QED) is 0.686. The maximum atomic E-state index is 10.3. The van der Waals surface area contributed by atoms with E-state index >= 15 is 0 Å². The Balaban J connectivity index is 3.09. The molecule has 0 heterocycles. The largest absolute Gasteiger partial charge is 0.392 e. The first-order valence-corrected chi connectivity index (χ1v) is 3.50. The third-order valence-electron chi connectivity index (χ3n) is 1.37. The maximum absolute atomic E-state index is 10.3. The van der Waals surface area contributed by atoms with Gasteiger partial charge in [-0.3, -0.25) is 4.79 Å². The number of aliphatic hydroxyl groups is 1. The monoisotopic (exact) mass is 170 g/mol. The third-order valence-corrected chi connectivity index (χ3v) is 1.70. The molecule has 0 atom stereocenters. The van der Waals surface area contributed by atoms with E-state index in [-0.39, 0.29) is 6.61 Å². The first kappa shape index (κ1) is 8.24. The van der Waals surface area contributed by atoms with Crippen LogP contribution in [0.5, 0.6) is 0 Å². The summed E-state index contributed by atoms with van der Waals surface area (Å²) in [5.74, 6) is 0. The molecule has 1 aromatic carbocycles. The number of carbonyl (C=O) groups excluding carboxylic acids is 1. The second-order valence-electron chi connectivity index (χ2n) is 2.13. The summed E-state index contributed by atoms with van der Waals surface area (Å²) < 4.78 is 0. The van der Waals surface area contributed by atoms with E-state index in [0.717, 1.165) is 0 Å². The van der Waals surface area contributed by atoms with Gasteiger partial charge in [-0.25, -0.2) is 0 Å². The lowest BCUT2D eigenvalue weighted by Gasteiger charge is -1.98. The summed E-state index contributed by atoms with van der Waals surface area (Å²) >= 11 is 5.67. The SMILES string of the molecule is O=Cc1ccc(CO)cc1Cl. The summed E-state index contributed by atoms with van der Waals surface area (Å²) in [5.41, 5.74) is 1.16.